The Labute approximate surface area is 125 Å². The van der Waals surface area contributed by atoms with Gasteiger partial charge in [0.2, 0.25) is 0 Å². The maximum atomic E-state index is 11.4. The predicted octanol–water partition coefficient (Wildman–Crippen LogP) is 3.58. The van der Waals surface area contributed by atoms with E-state index in [9.17, 15) is 9.90 Å². The van der Waals surface area contributed by atoms with Gasteiger partial charge in [0.05, 0.1) is 11.6 Å². The summed E-state index contributed by atoms with van der Waals surface area (Å²) in [5.74, 6) is -0.387. The first-order valence-corrected chi connectivity index (χ1v) is 7.43. The van der Waals surface area contributed by atoms with E-state index in [0.717, 1.165) is 35.6 Å². The van der Waals surface area contributed by atoms with E-state index in [1.165, 1.54) is 0 Å². The van der Waals surface area contributed by atoms with Crippen molar-refractivity contribution in [2.45, 2.75) is 32.2 Å². The van der Waals surface area contributed by atoms with Crippen LogP contribution in [0.2, 0.25) is 0 Å². The molecule has 1 unspecified atom stereocenters. The van der Waals surface area contributed by atoms with Crippen molar-refractivity contribution in [3.63, 3.8) is 0 Å². The Kier molecular flexibility index (Phi) is 3.38. The highest BCUT2D eigenvalue weighted by Gasteiger charge is 2.32. The Morgan fingerprint density at radius 1 is 1.45 bits per heavy atom. The first-order valence-electron chi connectivity index (χ1n) is 6.64. The predicted molar refractivity (Wildman–Crippen MR) is 79.7 cm³/mol. The number of imidazole rings is 1. The lowest BCUT2D eigenvalue weighted by atomic mass is 9.96. The van der Waals surface area contributed by atoms with Crippen molar-refractivity contribution >= 4 is 21.9 Å². The highest BCUT2D eigenvalue weighted by molar-refractivity contribution is 9.10. The van der Waals surface area contributed by atoms with Gasteiger partial charge in [0, 0.05) is 12.1 Å². The third kappa shape index (κ3) is 2.06. The van der Waals surface area contributed by atoms with Gasteiger partial charge in [-0.05, 0) is 41.3 Å². The minimum absolute atomic E-state index is 0.469. The van der Waals surface area contributed by atoms with Crippen LogP contribution < -0.4 is 0 Å². The second-order valence-corrected chi connectivity index (χ2v) is 5.86. The highest BCUT2D eigenvalue weighted by Crippen LogP contribution is 2.37. The molecule has 0 spiro atoms. The van der Waals surface area contributed by atoms with Gasteiger partial charge in [-0.25, -0.2) is 4.98 Å². The summed E-state index contributed by atoms with van der Waals surface area (Å²) in [6.45, 7) is 2.86. The lowest BCUT2D eigenvalue weighted by Gasteiger charge is -2.23. The molecule has 1 aromatic heterocycles. The number of aromatic nitrogens is 2. The maximum Gasteiger partial charge on any atom is 0.312 e. The van der Waals surface area contributed by atoms with Crippen LogP contribution in [0.15, 0.2) is 28.9 Å². The molecule has 2 aromatic rings. The van der Waals surface area contributed by atoms with Crippen molar-refractivity contribution in [3.8, 4) is 11.4 Å². The SMILES string of the molecule is Cc1ccccc1-c1nc(Br)c2n1CCCC2C(=O)O. The molecule has 4 nitrogen and oxygen atoms in total. The number of carbonyl (C=O) groups is 1. The topological polar surface area (TPSA) is 55.1 Å². The van der Waals surface area contributed by atoms with Crippen LogP contribution >= 0.6 is 15.9 Å². The highest BCUT2D eigenvalue weighted by atomic mass is 79.9. The number of aryl methyl sites for hydroxylation is 1. The van der Waals surface area contributed by atoms with Gasteiger partial charge >= 0.3 is 5.97 Å². The largest absolute Gasteiger partial charge is 0.481 e. The average Bonchev–Trinajstić information content (AvgIpc) is 2.77. The van der Waals surface area contributed by atoms with Gasteiger partial charge < -0.3 is 9.67 Å². The van der Waals surface area contributed by atoms with Crippen molar-refractivity contribution in [2.24, 2.45) is 0 Å². The fraction of sp³-hybridized carbons (Fsp3) is 0.333. The molecule has 0 bridgehead atoms. The van der Waals surface area contributed by atoms with Crippen molar-refractivity contribution in [1.82, 2.24) is 9.55 Å². The Bertz CT molecular complexity index is 679. The first kappa shape index (κ1) is 13.4. The molecule has 1 N–H and O–H groups in total. The van der Waals surface area contributed by atoms with Crippen LogP contribution in [0.25, 0.3) is 11.4 Å². The molecular weight excluding hydrogens is 320 g/mol. The van der Waals surface area contributed by atoms with Gasteiger partial charge in [0.15, 0.2) is 0 Å². The number of fused-ring (bicyclic) bond motifs is 1. The number of nitrogens with zero attached hydrogens (tertiary/aromatic N) is 2. The maximum absolute atomic E-state index is 11.4. The molecule has 0 saturated carbocycles. The molecule has 0 fully saturated rings. The smallest absolute Gasteiger partial charge is 0.312 e. The molecule has 1 aliphatic rings. The number of hydrogen-bond donors (Lipinski definition) is 1. The van der Waals surface area contributed by atoms with Crippen molar-refractivity contribution < 1.29 is 9.90 Å². The molecule has 0 saturated heterocycles. The molecule has 0 aliphatic carbocycles. The van der Waals surface area contributed by atoms with E-state index in [0.29, 0.717) is 11.0 Å². The first-order chi connectivity index (χ1) is 9.59. The lowest BCUT2D eigenvalue weighted by molar-refractivity contribution is -0.139. The number of halogens is 1. The number of rotatable bonds is 2. The van der Waals surface area contributed by atoms with Crippen molar-refractivity contribution in [3.05, 3.63) is 40.1 Å². The quantitative estimate of drug-likeness (QED) is 0.913. The molecule has 3 rings (SSSR count). The van der Waals surface area contributed by atoms with Crippen LogP contribution in [0.4, 0.5) is 0 Å². The Hall–Kier alpha value is -1.62. The second-order valence-electron chi connectivity index (χ2n) is 5.11. The summed E-state index contributed by atoms with van der Waals surface area (Å²) in [5.41, 5.74) is 3.00. The lowest BCUT2D eigenvalue weighted by Crippen LogP contribution is -2.22. The third-order valence-corrected chi connectivity index (χ3v) is 4.43. The van der Waals surface area contributed by atoms with E-state index in [1.807, 2.05) is 31.2 Å². The van der Waals surface area contributed by atoms with E-state index in [4.69, 9.17) is 0 Å². The van der Waals surface area contributed by atoms with E-state index in [-0.39, 0.29) is 0 Å². The standard InChI is InChI=1S/C15H15BrN2O2/c1-9-5-2-3-6-10(9)14-17-13(16)12-11(15(19)20)7-4-8-18(12)14/h2-3,5-6,11H,4,7-8H2,1H3,(H,19,20). The van der Waals surface area contributed by atoms with E-state index >= 15 is 0 Å². The zero-order valence-corrected chi connectivity index (χ0v) is 12.7. The van der Waals surface area contributed by atoms with Crippen LogP contribution in [0, 0.1) is 6.92 Å². The van der Waals surface area contributed by atoms with Gasteiger partial charge in [0.1, 0.15) is 10.4 Å². The van der Waals surface area contributed by atoms with Gasteiger partial charge in [-0.2, -0.15) is 0 Å². The monoisotopic (exact) mass is 334 g/mol. The third-order valence-electron chi connectivity index (χ3n) is 3.85. The normalized spacial score (nSPS) is 17.8. The van der Waals surface area contributed by atoms with Crippen molar-refractivity contribution in [1.29, 1.82) is 0 Å². The molecule has 2 heterocycles. The van der Waals surface area contributed by atoms with Crippen molar-refractivity contribution in [2.75, 3.05) is 0 Å². The molecule has 104 valence electrons. The van der Waals surface area contributed by atoms with E-state index in [1.54, 1.807) is 0 Å². The van der Waals surface area contributed by atoms with Crippen LogP contribution in [0.1, 0.15) is 30.0 Å². The molecule has 1 aromatic carbocycles. The summed E-state index contributed by atoms with van der Waals surface area (Å²) in [7, 11) is 0. The number of carboxylic acids is 1. The van der Waals surface area contributed by atoms with Gasteiger partial charge in [-0.1, -0.05) is 24.3 Å². The summed E-state index contributed by atoms with van der Waals surface area (Å²) < 4.78 is 2.71. The Morgan fingerprint density at radius 2 is 2.20 bits per heavy atom. The number of benzene rings is 1. The van der Waals surface area contributed by atoms with E-state index < -0.39 is 11.9 Å². The molecule has 0 radical (unpaired) electrons. The number of hydrogen-bond acceptors (Lipinski definition) is 2. The molecule has 0 amide bonds. The molecule has 20 heavy (non-hydrogen) atoms. The second kappa shape index (κ2) is 5.05. The van der Waals surface area contributed by atoms with Gasteiger partial charge in [-0.15, -0.1) is 0 Å². The van der Waals surface area contributed by atoms with E-state index in [2.05, 4.69) is 25.5 Å². The minimum Gasteiger partial charge on any atom is -0.481 e. The fourth-order valence-electron chi connectivity index (χ4n) is 2.85. The molecule has 1 atom stereocenters. The zero-order valence-electron chi connectivity index (χ0n) is 11.1. The molecular formula is C15H15BrN2O2. The van der Waals surface area contributed by atoms with Gasteiger partial charge in [0.25, 0.3) is 0 Å². The minimum atomic E-state index is -0.775. The van der Waals surface area contributed by atoms with Crippen LogP contribution in [0.5, 0.6) is 0 Å². The summed E-state index contributed by atoms with van der Waals surface area (Å²) in [5, 5.41) is 9.38. The Morgan fingerprint density at radius 3 is 2.90 bits per heavy atom. The Balaban J connectivity index is 2.19. The number of carboxylic acid groups (broad SMARTS) is 1. The zero-order chi connectivity index (χ0) is 14.3. The van der Waals surface area contributed by atoms with Crippen LogP contribution in [0.3, 0.4) is 0 Å². The molecule has 1 aliphatic heterocycles. The summed E-state index contributed by atoms with van der Waals surface area (Å²) in [6, 6.07) is 8.05. The summed E-state index contributed by atoms with van der Waals surface area (Å²) in [4.78, 5) is 16.0. The average molecular weight is 335 g/mol. The molecule has 5 heteroatoms. The van der Waals surface area contributed by atoms with Crippen LogP contribution in [-0.2, 0) is 11.3 Å². The summed E-state index contributed by atoms with van der Waals surface area (Å²) >= 11 is 3.44. The number of aliphatic carboxylic acids is 1. The summed E-state index contributed by atoms with van der Waals surface area (Å²) in [6.07, 6.45) is 1.54. The fourth-order valence-corrected chi connectivity index (χ4v) is 3.51. The van der Waals surface area contributed by atoms with Crippen LogP contribution in [-0.4, -0.2) is 20.6 Å². The van der Waals surface area contributed by atoms with Gasteiger partial charge in [-0.3, -0.25) is 4.79 Å².